The van der Waals surface area contributed by atoms with Gasteiger partial charge >= 0.3 is 5.97 Å². The van der Waals surface area contributed by atoms with Crippen LogP contribution in [0.1, 0.15) is 28.8 Å². The Hall–Kier alpha value is -1.64. The maximum atomic E-state index is 12.3. The zero-order valence-corrected chi connectivity index (χ0v) is 12.7. The summed E-state index contributed by atoms with van der Waals surface area (Å²) in [6.07, 6.45) is -0.175. The number of carbonyl (C=O) groups is 3. The van der Waals surface area contributed by atoms with Crippen molar-refractivity contribution in [2.75, 3.05) is 0 Å². The van der Waals surface area contributed by atoms with Crippen molar-refractivity contribution in [1.29, 1.82) is 0 Å². The van der Waals surface area contributed by atoms with Gasteiger partial charge in [-0.1, -0.05) is 6.07 Å². The number of amides is 2. The average molecular weight is 388 g/mol. The van der Waals surface area contributed by atoms with Crippen LogP contribution in [-0.2, 0) is 16.1 Å². The number of fused-ring (bicyclic) bond motifs is 1. The van der Waals surface area contributed by atoms with Crippen LogP contribution < -0.4 is 5.73 Å². The van der Waals surface area contributed by atoms with Gasteiger partial charge in [-0.15, -0.1) is 0 Å². The van der Waals surface area contributed by atoms with Crippen LogP contribution in [0, 0.1) is 3.57 Å². The van der Waals surface area contributed by atoms with E-state index in [1.165, 1.54) is 4.90 Å². The van der Waals surface area contributed by atoms with E-state index >= 15 is 0 Å². The van der Waals surface area contributed by atoms with Gasteiger partial charge in [0.25, 0.3) is 5.91 Å². The van der Waals surface area contributed by atoms with Gasteiger partial charge in [0.2, 0.25) is 5.91 Å². The predicted octanol–water partition coefficient (Wildman–Crippen LogP) is 0.966. The van der Waals surface area contributed by atoms with Crippen LogP contribution in [0.3, 0.4) is 0 Å². The fraction of sp³-hybridized carbons (Fsp3) is 0.308. The quantitative estimate of drug-likeness (QED) is 0.734. The number of carboxylic acid groups (broad SMARTS) is 1. The molecule has 0 radical (unpaired) electrons. The van der Waals surface area contributed by atoms with Crippen LogP contribution in [0.25, 0.3) is 0 Å². The molecule has 1 aromatic carbocycles. The molecule has 0 bridgehead atoms. The minimum Gasteiger partial charge on any atom is -0.481 e. The highest BCUT2D eigenvalue weighted by atomic mass is 127. The van der Waals surface area contributed by atoms with Gasteiger partial charge in [-0.25, -0.2) is 0 Å². The van der Waals surface area contributed by atoms with Crippen LogP contribution in [0.5, 0.6) is 0 Å². The molecular weight excluding hydrogens is 375 g/mol. The van der Waals surface area contributed by atoms with Gasteiger partial charge in [0, 0.05) is 22.1 Å². The molecule has 0 fully saturated rings. The van der Waals surface area contributed by atoms with E-state index in [1.807, 2.05) is 6.07 Å². The molecule has 2 amide bonds. The first kappa shape index (κ1) is 14.8. The van der Waals surface area contributed by atoms with E-state index in [0.29, 0.717) is 12.1 Å². The molecule has 6 nitrogen and oxygen atoms in total. The van der Waals surface area contributed by atoms with E-state index in [4.69, 9.17) is 10.8 Å². The Balaban J connectivity index is 2.25. The number of nitrogens with zero attached hydrogens (tertiary/aromatic N) is 1. The number of nitrogens with two attached hydrogens (primary N) is 1. The van der Waals surface area contributed by atoms with Crippen molar-refractivity contribution in [2.24, 2.45) is 5.73 Å². The van der Waals surface area contributed by atoms with Crippen molar-refractivity contribution >= 4 is 40.4 Å². The molecule has 7 heteroatoms. The van der Waals surface area contributed by atoms with Crippen molar-refractivity contribution in [3.05, 3.63) is 32.9 Å². The standard InChI is InChI=1S/C13H13IN2O4/c14-9-3-1-2-7-8(9)6-16(13(7)20)10(12(15)19)4-5-11(17)18/h1-3,10H,4-6H2,(H2,15,19)(H,17,18). The number of primary amides is 1. The average Bonchev–Trinajstić information content (AvgIpc) is 2.69. The lowest BCUT2D eigenvalue weighted by atomic mass is 10.1. The summed E-state index contributed by atoms with van der Waals surface area (Å²) in [4.78, 5) is 35.8. The monoisotopic (exact) mass is 388 g/mol. The first-order chi connectivity index (χ1) is 9.41. The third kappa shape index (κ3) is 2.77. The van der Waals surface area contributed by atoms with Gasteiger partial charge in [-0.2, -0.15) is 0 Å². The topological polar surface area (TPSA) is 101 Å². The summed E-state index contributed by atoms with van der Waals surface area (Å²) >= 11 is 2.13. The summed E-state index contributed by atoms with van der Waals surface area (Å²) in [6.45, 7) is 0.292. The van der Waals surface area contributed by atoms with Gasteiger partial charge in [0.05, 0.1) is 0 Å². The fourth-order valence-corrected chi connectivity index (χ4v) is 2.95. The first-order valence-electron chi connectivity index (χ1n) is 6.01. The van der Waals surface area contributed by atoms with E-state index in [-0.39, 0.29) is 18.7 Å². The van der Waals surface area contributed by atoms with Crippen molar-refractivity contribution in [3.63, 3.8) is 0 Å². The zero-order chi connectivity index (χ0) is 14.9. The molecule has 0 spiro atoms. The summed E-state index contributed by atoms with van der Waals surface area (Å²) < 4.78 is 0.942. The lowest BCUT2D eigenvalue weighted by Crippen LogP contribution is -2.45. The summed E-state index contributed by atoms with van der Waals surface area (Å²) in [5, 5.41) is 8.71. The van der Waals surface area contributed by atoms with Gasteiger partial charge in [-0.3, -0.25) is 14.4 Å². The van der Waals surface area contributed by atoms with Gasteiger partial charge in [-0.05, 0) is 46.7 Å². The van der Waals surface area contributed by atoms with Crippen molar-refractivity contribution in [2.45, 2.75) is 25.4 Å². The Kier molecular flexibility index (Phi) is 4.26. The Bertz CT molecular complexity index is 588. The molecule has 1 aliphatic rings. The predicted molar refractivity (Wildman–Crippen MR) is 78.9 cm³/mol. The number of carboxylic acids is 1. The maximum absolute atomic E-state index is 12.3. The summed E-state index contributed by atoms with van der Waals surface area (Å²) in [5.74, 6) is -1.97. The number of rotatable bonds is 5. The molecule has 20 heavy (non-hydrogen) atoms. The highest BCUT2D eigenvalue weighted by Gasteiger charge is 2.36. The Morgan fingerprint density at radius 3 is 2.70 bits per heavy atom. The molecule has 0 saturated carbocycles. The highest BCUT2D eigenvalue weighted by molar-refractivity contribution is 14.1. The third-order valence-corrected chi connectivity index (χ3v) is 4.29. The summed E-state index contributed by atoms with van der Waals surface area (Å²) in [7, 11) is 0. The summed E-state index contributed by atoms with van der Waals surface area (Å²) in [6, 6.07) is 4.47. The zero-order valence-electron chi connectivity index (χ0n) is 10.5. The van der Waals surface area contributed by atoms with Crippen molar-refractivity contribution in [3.8, 4) is 0 Å². The second-order valence-corrected chi connectivity index (χ2v) is 5.71. The molecule has 0 aliphatic carbocycles. The normalized spacial score (nSPS) is 15.1. The van der Waals surface area contributed by atoms with Crippen LogP contribution >= 0.6 is 22.6 Å². The second kappa shape index (κ2) is 5.78. The minimum atomic E-state index is -1.02. The van der Waals surface area contributed by atoms with Gasteiger partial charge in [0.1, 0.15) is 6.04 Å². The summed E-state index contributed by atoms with van der Waals surface area (Å²) in [5.41, 5.74) is 6.73. The Morgan fingerprint density at radius 2 is 2.15 bits per heavy atom. The number of carbonyl (C=O) groups excluding carboxylic acids is 2. The largest absolute Gasteiger partial charge is 0.481 e. The van der Waals surface area contributed by atoms with Gasteiger partial charge < -0.3 is 15.7 Å². The Labute approximate surface area is 129 Å². The third-order valence-electron chi connectivity index (χ3n) is 3.27. The maximum Gasteiger partial charge on any atom is 0.303 e. The second-order valence-electron chi connectivity index (χ2n) is 4.55. The van der Waals surface area contributed by atoms with E-state index in [9.17, 15) is 14.4 Å². The van der Waals surface area contributed by atoms with Crippen LogP contribution in [0.4, 0.5) is 0 Å². The fourth-order valence-electron chi connectivity index (χ4n) is 2.28. The van der Waals surface area contributed by atoms with E-state index in [1.54, 1.807) is 12.1 Å². The minimum absolute atomic E-state index is 0.0287. The molecule has 1 unspecified atom stereocenters. The molecule has 3 N–H and O–H groups in total. The molecule has 2 rings (SSSR count). The molecule has 1 aromatic rings. The van der Waals surface area contributed by atoms with E-state index in [0.717, 1.165) is 9.13 Å². The first-order valence-corrected chi connectivity index (χ1v) is 7.09. The van der Waals surface area contributed by atoms with E-state index < -0.39 is 17.9 Å². The van der Waals surface area contributed by atoms with Crippen LogP contribution in [0.15, 0.2) is 18.2 Å². The SMILES string of the molecule is NC(=O)C(CCC(=O)O)N1Cc2c(I)cccc2C1=O. The number of aliphatic carboxylic acids is 1. The molecule has 0 aromatic heterocycles. The number of benzene rings is 1. The van der Waals surface area contributed by atoms with Crippen molar-refractivity contribution in [1.82, 2.24) is 4.90 Å². The molecule has 106 valence electrons. The van der Waals surface area contributed by atoms with Crippen LogP contribution in [0.2, 0.25) is 0 Å². The Morgan fingerprint density at radius 1 is 1.45 bits per heavy atom. The van der Waals surface area contributed by atoms with Gasteiger partial charge in [0.15, 0.2) is 0 Å². The van der Waals surface area contributed by atoms with Crippen molar-refractivity contribution < 1.29 is 19.5 Å². The molecule has 1 aliphatic heterocycles. The highest BCUT2D eigenvalue weighted by Crippen LogP contribution is 2.29. The molecule has 1 atom stereocenters. The lowest BCUT2D eigenvalue weighted by molar-refractivity contribution is -0.137. The van der Waals surface area contributed by atoms with Crippen LogP contribution in [-0.4, -0.2) is 33.8 Å². The number of hydrogen-bond acceptors (Lipinski definition) is 3. The number of halogens is 1. The lowest BCUT2D eigenvalue weighted by Gasteiger charge is -2.24. The number of hydrogen-bond donors (Lipinski definition) is 2. The molecule has 1 heterocycles. The molecule has 0 saturated heterocycles. The molecular formula is C13H13IN2O4. The smallest absolute Gasteiger partial charge is 0.303 e. The van der Waals surface area contributed by atoms with E-state index in [2.05, 4.69) is 22.6 Å².